The summed E-state index contributed by atoms with van der Waals surface area (Å²) in [4.78, 5) is 12.9. The van der Waals surface area contributed by atoms with Crippen LogP contribution in [0.5, 0.6) is 5.75 Å². The quantitative estimate of drug-likeness (QED) is 0.244. The van der Waals surface area contributed by atoms with Crippen LogP contribution in [0.2, 0.25) is 5.02 Å². The predicted molar refractivity (Wildman–Crippen MR) is 130 cm³/mol. The van der Waals surface area contributed by atoms with E-state index in [4.69, 9.17) is 11.6 Å². The fraction of sp³-hybridized carbons (Fsp3) is 0.360. The Hall–Kier alpha value is -2.69. The van der Waals surface area contributed by atoms with Gasteiger partial charge >= 0.3 is 6.61 Å². The van der Waals surface area contributed by atoms with Crippen molar-refractivity contribution >= 4 is 34.0 Å². The molecule has 0 unspecified atom stereocenters. The van der Waals surface area contributed by atoms with E-state index in [-0.39, 0.29) is 17.4 Å². The molecule has 0 saturated heterocycles. The second-order valence-electron chi connectivity index (χ2n) is 8.79. The number of aliphatic hydroxyl groups is 1. The van der Waals surface area contributed by atoms with Crippen LogP contribution >= 0.6 is 22.9 Å². The largest absolute Gasteiger partial charge is 0.434 e. The molecule has 11 heteroatoms. The van der Waals surface area contributed by atoms with Crippen molar-refractivity contribution in [3.8, 4) is 16.2 Å². The zero-order valence-corrected chi connectivity index (χ0v) is 20.4. The second-order valence-corrected chi connectivity index (χ2v) is 10.2. The van der Waals surface area contributed by atoms with Gasteiger partial charge in [0.15, 0.2) is 0 Å². The lowest BCUT2D eigenvalue weighted by atomic mass is 9.88. The van der Waals surface area contributed by atoms with Crippen LogP contribution in [0.4, 0.5) is 17.6 Å². The van der Waals surface area contributed by atoms with Crippen molar-refractivity contribution in [1.82, 2.24) is 15.0 Å². The van der Waals surface area contributed by atoms with Crippen molar-refractivity contribution in [2.75, 3.05) is 6.67 Å². The van der Waals surface area contributed by atoms with Crippen molar-refractivity contribution in [2.24, 2.45) is 0 Å². The van der Waals surface area contributed by atoms with Crippen LogP contribution in [-0.4, -0.2) is 39.4 Å². The molecule has 36 heavy (non-hydrogen) atoms. The van der Waals surface area contributed by atoms with Gasteiger partial charge in [-0.05, 0) is 49.4 Å². The summed E-state index contributed by atoms with van der Waals surface area (Å²) < 4.78 is 59.3. The first-order valence-corrected chi connectivity index (χ1v) is 12.6. The first-order chi connectivity index (χ1) is 17.4. The molecule has 3 heterocycles. The number of aliphatic hydroxyl groups excluding tert-OH is 1. The van der Waals surface area contributed by atoms with E-state index >= 15 is 0 Å². The number of rotatable bonds is 7. The number of halogens is 5. The average molecular weight is 540 g/mol. The van der Waals surface area contributed by atoms with E-state index in [1.54, 1.807) is 23.7 Å². The topological polar surface area (TPSA) is 71.0 Å². The monoisotopic (exact) mass is 539 g/mol. The zero-order valence-electron chi connectivity index (χ0n) is 18.9. The van der Waals surface area contributed by atoms with Crippen molar-refractivity contribution < 1.29 is 27.4 Å². The number of alkyl halides is 3. The minimum absolute atomic E-state index is 0.190. The van der Waals surface area contributed by atoms with Crippen molar-refractivity contribution in [3.63, 3.8) is 0 Å². The maximum atomic E-state index is 14.4. The number of H-pyrrole nitrogens is 1. The molecule has 0 spiro atoms. The number of hydrogen-bond acceptors (Lipinski definition) is 5. The van der Waals surface area contributed by atoms with Crippen LogP contribution in [0.1, 0.15) is 53.7 Å². The van der Waals surface area contributed by atoms with Gasteiger partial charge in [-0.15, -0.1) is 11.3 Å². The Balaban J connectivity index is 1.53. The third-order valence-corrected chi connectivity index (χ3v) is 8.20. The predicted octanol–water partition coefficient (Wildman–Crippen LogP) is 7.20. The summed E-state index contributed by atoms with van der Waals surface area (Å²) in [5.41, 5.74) is 1.42. The zero-order chi connectivity index (χ0) is 25.4. The highest BCUT2D eigenvalue weighted by Crippen LogP contribution is 2.43. The third kappa shape index (κ3) is 4.81. The number of nitrogens with one attached hydrogen (secondary N) is 1. The van der Waals surface area contributed by atoms with Crippen LogP contribution in [-0.2, 0) is 0 Å². The molecule has 0 bridgehead atoms. The number of aromatic nitrogens is 3. The molecule has 1 aliphatic rings. The molecule has 5 rings (SSSR count). The van der Waals surface area contributed by atoms with Crippen molar-refractivity contribution in [1.29, 1.82) is 0 Å². The van der Waals surface area contributed by atoms with E-state index in [9.17, 15) is 22.7 Å². The molecular weight excluding hydrogens is 518 g/mol. The second kappa shape index (κ2) is 10.4. The highest BCUT2D eigenvalue weighted by atomic mass is 35.5. The number of aromatic amines is 1. The number of hydrogen-bond donors (Lipinski definition) is 2. The number of nitrogens with zero attached hydrogens (tertiary/aromatic N) is 2. The summed E-state index contributed by atoms with van der Waals surface area (Å²) in [6.07, 6.45) is 7.98. The van der Waals surface area contributed by atoms with Gasteiger partial charge in [-0.25, -0.2) is 14.4 Å². The third-order valence-electron chi connectivity index (χ3n) is 6.60. The molecule has 1 aliphatic carbocycles. The summed E-state index contributed by atoms with van der Waals surface area (Å²) >= 11 is 7.67. The maximum Gasteiger partial charge on any atom is 0.387 e. The minimum Gasteiger partial charge on any atom is -0.434 e. The average Bonchev–Trinajstić information content (AvgIpc) is 3.51. The summed E-state index contributed by atoms with van der Waals surface area (Å²) in [7, 11) is 0. The van der Waals surface area contributed by atoms with Gasteiger partial charge < -0.3 is 14.8 Å². The van der Waals surface area contributed by atoms with Gasteiger partial charge in [0.05, 0.1) is 21.0 Å². The molecule has 3 aromatic heterocycles. The first-order valence-electron chi connectivity index (χ1n) is 11.5. The molecule has 0 radical (unpaired) electrons. The van der Waals surface area contributed by atoms with Gasteiger partial charge in [-0.3, -0.25) is 4.39 Å². The Bertz CT molecular complexity index is 1370. The molecule has 0 aliphatic heterocycles. The smallest absolute Gasteiger partial charge is 0.387 e. The molecule has 1 aromatic carbocycles. The van der Waals surface area contributed by atoms with Crippen LogP contribution in [0.25, 0.3) is 21.5 Å². The molecule has 4 aromatic rings. The fourth-order valence-electron chi connectivity index (χ4n) is 4.77. The summed E-state index contributed by atoms with van der Waals surface area (Å²) in [5, 5.41) is 10.8. The molecule has 1 fully saturated rings. The maximum absolute atomic E-state index is 14.4. The van der Waals surface area contributed by atoms with Crippen molar-refractivity contribution in [3.05, 3.63) is 63.8 Å². The molecule has 190 valence electrons. The molecule has 1 atom stereocenters. The molecule has 1 saturated carbocycles. The highest BCUT2D eigenvalue weighted by Gasteiger charge is 2.28. The lowest BCUT2D eigenvalue weighted by Gasteiger charge is -2.23. The highest BCUT2D eigenvalue weighted by molar-refractivity contribution is 7.15. The van der Waals surface area contributed by atoms with Gasteiger partial charge in [0, 0.05) is 46.9 Å². The van der Waals surface area contributed by atoms with Gasteiger partial charge in [0.1, 0.15) is 23.9 Å². The van der Waals surface area contributed by atoms with Crippen LogP contribution < -0.4 is 4.74 Å². The Morgan fingerprint density at radius 3 is 2.67 bits per heavy atom. The van der Waals surface area contributed by atoms with E-state index in [1.807, 2.05) is 6.07 Å². The normalized spacial score (nSPS) is 19.2. The lowest BCUT2D eigenvalue weighted by molar-refractivity contribution is -0.0506. The standard InChI is InChI=1S/C25H22ClF4N3O2S/c26-22-18(28)5-6-19(35-25(29)30)21(22)16(8-27)17-10-32-23-15(17)7-13(9-31-23)20-11-33-24(36-20)12-1-3-14(34)4-2-12/h5-7,9-12,14,16,25,34H,1-4,8H2,(H,31,32)/t12?,14?,16-/m0/s1. The number of thiazole rings is 1. The van der Waals surface area contributed by atoms with Crippen LogP contribution in [0.3, 0.4) is 0 Å². The summed E-state index contributed by atoms with van der Waals surface area (Å²) in [5.74, 6) is -2.12. The summed E-state index contributed by atoms with van der Waals surface area (Å²) in [6.45, 7) is -4.22. The minimum atomic E-state index is -3.19. The lowest BCUT2D eigenvalue weighted by Crippen LogP contribution is -2.16. The fourth-order valence-corrected chi connectivity index (χ4v) is 6.12. The van der Waals surface area contributed by atoms with E-state index in [2.05, 4.69) is 19.7 Å². The van der Waals surface area contributed by atoms with Gasteiger partial charge in [0.2, 0.25) is 0 Å². The van der Waals surface area contributed by atoms with Crippen molar-refractivity contribution in [2.45, 2.75) is 50.2 Å². The van der Waals surface area contributed by atoms with E-state index in [0.717, 1.165) is 53.3 Å². The number of ether oxygens (including phenoxy) is 1. The Labute approximate surface area is 213 Å². The van der Waals surface area contributed by atoms with Gasteiger partial charge in [-0.1, -0.05) is 11.6 Å². The Morgan fingerprint density at radius 1 is 1.17 bits per heavy atom. The number of benzene rings is 1. The molecule has 2 N–H and O–H groups in total. The molecular formula is C25H22ClF4N3O2S. The summed E-state index contributed by atoms with van der Waals surface area (Å²) in [6, 6.07) is 3.74. The van der Waals surface area contributed by atoms with Crippen LogP contribution in [0, 0.1) is 5.82 Å². The van der Waals surface area contributed by atoms with E-state index < -0.39 is 30.0 Å². The molecule has 0 amide bonds. The van der Waals surface area contributed by atoms with Gasteiger partial charge in [-0.2, -0.15) is 8.78 Å². The molecule has 5 nitrogen and oxygen atoms in total. The van der Waals surface area contributed by atoms with Gasteiger partial charge in [0.25, 0.3) is 0 Å². The van der Waals surface area contributed by atoms with E-state index in [0.29, 0.717) is 22.5 Å². The Kier molecular flexibility index (Phi) is 7.18. The number of fused-ring (bicyclic) bond motifs is 1. The number of pyridine rings is 1. The Morgan fingerprint density at radius 2 is 1.94 bits per heavy atom. The SMILES string of the molecule is OC1CCC(c2ncc(-c3cnc4[nH]cc([C@H](CF)c5c(OC(F)F)ccc(F)c5Cl)c4c3)s2)CC1. The van der Waals surface area contributed by atoms with Crippen LogP contribution in [0.15, 0.2) is 36.8 Å². The van der Waals surface area contributed by atoms with E-state index in [1.165, 1.54) is 6.20 Å². The first kappa shape index (κ1) is 25.0.